The van der Waals surface area contributed by atoms with E-state index < -0.39 is 4.92 Å². The Morgan fingerprint density at radius 2 is 2.19 bits per heavy atom. The van der Waals surface area contributed by atoms with E-state index in [4.69, 9.17) is 4.74 Å². The average molecular weight is 354 g/mol. The average Bonchev–Trinajstić information content (AvgIpc) is 3.04. The van der Waals surface area contributed by atoms with E-state index in [-0.39, 0.29) is 22.9 Å². The molecular weight excluding hydrogens is 336 g/mol. The topological polar surface area (TPSA) is 98.8 Å². The number of ether oxygens (including phenoxy) is 1. The summed E-state index contributed by atoms with van der Waals surface area (Å²) < 4.78 is 7.13. The van der Waals surface area contributed by atoms with Gasteiger partial charge in [-0.25, -0.2) is 4.98 Å². The Labute approximate surface area is 149 Å². The zero-order valence-electron chi connectivity index (χ0n) is 14.2. The first-order valence-corrected chi connectivity index (χ1v) is 8.20. The number of fused-ring (bicyclic) bond motifs is 1. The van der Waals surface area contributed by atoms with Crippen LogP contribution in [-0.2, 0) is 6.42 Å². The first kappa shape index (κ1) is 17.4. The smallest absolute Gasteiger partial charge is 0.311 e. The summed E-state index contributed by atoms with van der Waals surface area (Å²) in [6, 6.07) is 9.91. The van der Waals surface area contributed by atoms with Crippen molar-refractivity contribution in [3.63, 3.8) is 0 Å². The van der Waals surface area contributed by atoms with Gasteiger partial charge in [0, 0.05) is 37.0 Å². The molecule has 26 heavy (non-hydrogen) atoms. The van der Waals surface area contributed by atoms with Crippen LogP contribution in [0.5, 0.6) is 5.75 Å². The number of imidazole rings is 1. The van der Waals surface area contributed by atoms with Gasteiger partial charge >= 0.3 is 5.69 Å². The van der Waals surface area contributed by atoms with Gasteiger partial charge < -0.3 is 14.5 Å². The number of hydrogen-bond acceptors (Lipinski definition) is 5. The quantitative estimate of drug-likeness (QED) is 0.519. The molecule has 8 nitrogen and oxygen atoms in total. The normalized spacial score (nSPS) is 10.7. The summed E-state index contributed by atoms with van der Waals surface area (Å²) in [4.78, 5) is 27.3. The van der Waals surface area contributed by atoms with Crippen molar-refractivity contribution in [1.82, 2.24) is 14.7 Å². The Morgan fingerprint density at radius 1 is 1.35 bits per heavy atom. The summed E-state index contributed by atoms with van der Waals surface area (Å²) in [7, 11) is 0. The van der Waals surface area contributed by atoms with Gasteiger partial charge in [-0.2, -0.15) is 0 Å². The highest BCUT2D eigenvalue weighted by molar-refractivity contribution is 5.95. The molecule has 0 spiro atoms. The summed E-state index contributed by atoms with van der Waals surface area (Å²) >= 11 is 0. The van der Waals surface area contributed by atoms with E-state index in [0.717, 1.165) is 11.3 Å². The lowest BCUT2D eigenvalue weighted by Crippen LogP contribution is -2.25. The Hall–Kier alpha value is -3.42. The van der Waals surface area contributed by atoms with E-state index in [0.29, 0.717) is 19.6 Å². The van der Waals surface area contributed by atoms with E-state index in [1.807, 2.05) is 35.0 Å². The van der Waals surface area contributed by atoms with Gasteiger partial charge in [0.05, 0.1) is 17.2 Å². The lowest BCUT2D eigenvalue weighted by atomic mass is 10.1. The Morgan fingerprint density at radius 3 is 2.92 bits per heavy atom. The molecule has 3 aromatic rings. The molecule has 0 saturated carbocycles. The van der Waals surface area contributed by atoms with Gasteiger partial charge in [-0.3, -0.25) is 14.9 Å². The van der Waals surface area contributed by atoms with Crippen LogP contribution in [0.15, 0.2) is 48.8 Å². The Kier molecular flexibility index (Phi) is 5.12. The zero-order chi connectivity index (χ0) is 18.5. The lowest BCUT2D eigenvalue weighted by Gasteiger charge is -2.07. The number of hydrogen-bond donors (Lipinski definition) is 1. The molecule has 8 heteroatoms. The number of benzene rings is 1. The summed E-state index contributed by atoms with van der Waals surface area (Å²) in [5.41, 5.74) is 1.69. The molecule has 0 radical (unpaired) electrons. The molecule has 0 unspecified atom stereocenters. The first-order chi connectivity index (χ1) is 12.6. The number of nitro benzene ring substituents is 1. The van der Waals surface area contributed by atoms with Crippen LogP contribution in [0.2, 0.25) is 0 Å². The molecule has 134 valence electrons. The third kappa shape index (κ3) is 3.80. The summed E-state index contributed by atoms with van der Waals surface area (Å²) in [5.74, 6) is -0.223. The van der Waals surface area contributed by atoms with Crippen molar-refractivity contribution in [1.29, 1.82) is 0 Å². The lowest BCUT2D eigenvalue weighted by molar-refractivity contribution is -0.385. The van der Waals surface area contributed by atoms with Gasteiger partial charge in [-0.15, -0.1) is 0 Å². The van der Waals surface area contributed by atoms with Crippen molar-refractivity contribution in [3.05, 3.63) is 70.2 Å². The molecule has 3 rings (SSSR count). The van der Waals surface area contributed by atoms with E-state index >= 15 is 0 Å². The van der Waals surface area contributed by atoms with Crippen LogP contribution in [0.4, 0.5) is 5.69 Å². The van der Waals surface area contributed by atoms with Gasteiger partial charge in [0.15, 0.2) is 5.75 Å². The number of nitro groups is 1. The van der Waals surface area contributed by atoms with Crippen LogP contribution in [0.1, 0.15) is 23.0 Å². The maximum absolute atomic E-state index is 12.3. The predicted molar refractivity (Wildman–Crippen MR) is 95.5 cm³/mol. The van der Waals surface area contributed by atoms with Crippen LogP contribution < -0.4 is 10.1 Å². The van der Waals surface area contributed by atoms with E-state index in [1.54, 1.807) is 6.92 Å². The molecule has 1 N–H and O–H groups in total. The minimum Gasteiger partial charge on any atom is -0.487 e. The summed E-state index contributed by atoms with van der Waals surface area (Å²) in [6.45, 7) is 2.43. The molecule has 2 heterocycles. The predicted octanol–water partition coefficient (Wildman–Crippen LogP) is 2.61. The molecule has 1 aromatic carbocycles. The van der Waals surface area contributed by atoms with Crippen molar-refractivity contribution < 1.29 is 14.5 Å². The molecule has 0 aliphatic rings. The highest BCUT2D eigenvalue weighted by atomic mass is 16.6. The van der Waals surface area contributed by atoms with Gasteiger partial charge in [-0.05, 0) is 31.2 Å². The maximum atomic E-state index is 12.3. The van der Waals surface area contributed by atoms with Gasteiger partial charge in [0.25, 0.3) is 5.91 Å². The van der Waals surface area contributed by atoms with E-state index in [1.165, 1.54) is 18.2 Å². The second-order valence-electron chi connectivity index (χ2n) is 5.58. The molecule has 1 amide bonds. The molecule has 0 fully saturated rings. The second kappa shape index (κ2) is 7.64. The number of nitrogens with zero attached hydrogens (tertiary/aromatic N) is 3. The van der Waals surface area contributed by atoms with Crippen LogP contribution >= 0.6 is 0 Å². The standard InChI is InChI=1S/C18H18N4O4/c1-2-26-16-7-6-13(11-15(16)22(24)25)18(23)19-9-8-14-12-21-10-4-3-5-17(21)20-14/h3-7,10-12H,2,8-9H2,1H3,(H,19,23). The molecular formula is C18H18N4O4. The number of carbonyl (C=O) groups excluding carboxylic acids is 1. The van der Waals surface area contributed by atoms with Crippen LogP contribution in [0, 0.1) is 10.1 Å². The second-order valence-corrected chi connectivity index (χ2v) is 5.58. The number of nitrogens with one attached hydrogen (secondary N) is 1. The van der Waals surface area contributed by atoms with Crippen molar-refractivity contribution >= 4 is 17.2 Å². The zero-order valence-corrected chi connectivity index (χ0v) is 14.2. The van der Waals surface area contributed by atoms with E-state index in [9.17, 15) is 14.9 Å². The van der Waals surface area contributed by atoms with E-state index in [2.05, 4.69) is 10.3 Å². The van der Waals surface area contributed by atoms with Crippen molar-refractivity contribution in [2.24, 2.45) is 0 Å². The number of carbonyl (C=O) groups is 1. The van der Waals surface area contributed by atoms with Gasteiger partial charge in [0.2, 0.25) is 0 Å². The fourth-order valence-electron chi connectivity index (χ4n) is 2.59. The van der Waals surface area contributed by atoms with Gasteiger partial charge in [-0.1, -0.05) is 6.07 Å². The molecule has 2 aromatic heterocycles. The molecule has 0 aliphatic heterocycles. The fraction of sp³-hybridized carbons (Fsp3) is 0.222. The molecule has 0 bridgehead atoms. The maximum Gasteiger partial charge on any atom is 0.311 e. The molecule has 0 aliphatic carbocycles. The first-order valence-electron chi connectivity index (χ1n) is 8.20. The third-order valence-electron chi connectivity index (χ3n) is 3.80. The minimum atomic E-state index is -0.557. The SMILES string of the molecule is CCOc1ccc(C(=O)NCCc2cn3ccccc3n2)cc1[N+](=O)[O-]. The van der Waals surface area contributed by atoms with Crippen molar-refractivity contribution in [2.45, 2.75) is 13.3 Å². The number of pyridine rings is 1. The fourth-order valence-corrected chi connectivity index (χ4v) is 2.59. The number of rotatable bonds is 7. The molecule has 0 saturated heterocycles. The van der Waals surface area contributed by atoms with Crippen LogP contribution in [0.25, 0.3) is 5.65 Å². The van der Waals surface area contributed by atoms with Crippen LogP contribution in [0.3, 0.4) is 0 Å². The largest absolute Gasteiger partial charge is 0.487 e. The van der Waals surface area contributed by atoms with Crippen LogP contribution in [-0.4, -0.2) is 33.4 Å². The molecule has 0 atom stereocenters. The Bertz CT molecular complexity index is 918. The number of aromatic nitrogens is 2. The third-order valence-corrected chi connectivity index (χ3v) is 3.80. The van der Waals surface area contributed by atoms with Gasteiger partial charge in [0.1, 0.15) is 5.65 Å². The Balaban J connectivity index is 1.64. The monoisotopic (exact) mass is 354 g/mol. The minimum absolute atomic E-state index is 0.152. The highest BCUT2D eigenvalue weighted by Gasteiger charge is 2.18. The highest BCUT2D eigenvalue weighted by Crippen LogP contribution is 2.27. The van der Waals surface area contributed by atoms with Crippen molar-refractivity contribution in [3.8, 4) is 5.75 Å². The summed E-state index contributed by atoms with van der Waals surface area (Å²) in [5, 5.41) is 13.9. The van der Waals surface area contributed by atoms with Crippen molar-refractivity contribution in [2.75, 3.05) is 13.2 Å². The number of amides is 1. The summed E-state index contributed by atoms with van der Waals surface area (Å²) in [6.07, 6.45) is 4.37.